The molecule has 1 aromatic heterocycles. The number of carbonyl (C=O) groups is 1. The highest BCUT2D eigenvalue weighted by Crippen LogP contribution is 2.33. The Hall–Kier alpha value is -4.07. The number of hydrogen-bond acceptors (Lipinski definition) is 4. The fourth-order valence-corrected chi connectivity index (χ4v) is 3.38. The number of halogens is 3. The van der Waals surface area contributed by atoms with Gasteiger partial charge in [0.2, 0.25) is 0 Å². The molecule has 0 aliphatic rings. The molecule has 35 heavy (non-hydrogen) atoms. The molecule has 1 atom stereocenters. The van der Waals surface area contributed by atoms with E-state index in [-0.39, 0.29) is 17.7 Å². The molecule has 0 bridgehead atoms. The number of alkyl halides is 3. The maximum absolute atomic E-state index is 12.8. The number of pyridine rings is 1. The van der Waals surface area contributed by atoms with Crippen LogP contribution >= 0.6 is 0 Å². The molecule has 8 heteroatoms. The Morgan fingerprint density at radius 3 is 2.37 bits per heavy atom. The molecule has 0 spiro atoms. The zero-order valence-corrected chi connectivity index (χ0v) is 19.6. The van der Waals surface area contributed by atoms with E-state index < -0.39 is 11.7 Å². The minimum absolute atomic E-state index is 0.275. The highest BCUT2D eigenvalue weighted by atomic mass is 19.4. The van der Waals surface area contributed by atoms with Crippen LogP contribution in [0.4, 0.5) is 18.9 Å². The summed E-state index contributed by atoms with van der Waals surface area (Å²) in [5.41, 5.74) is 6.70. The number of benzene rings is 3. The van der Waals surface area contributed by atoms with Crippen molar-refractivity contribution in [2.24, 2.45) is 0 Å². The standard InChI is InChI=1S/C25H20F3N3O2.C2H6/c1-15(22-14-19(29)11-12-30-22)31-24(32)17-5-10-21-16(13-17)3-2-4-23(21)33-20-8-6-18(7-9-20)25(26,27)28;1-2/h2-15H,1H3,(H2,29,30)(H,31,32);1-2H3. The van der Waals surface area contributed by atoms with Crippen LogP contribution in [0, 0.1) is 0 Å². The smallest absolute Gasteiger partial charge is 0.416 e. The van der Waals surface area contributed by atoms with Crippen molar-refractivity contribution in [1.82, 2.24) is 10.3 Å². The molecule has 1 unspecified atom stereocenters. The predicted molar refractivity (Wildman–Crippen MR) is 131 cm³/mol. The molecule has 4 aromatic rings. The van der Waals surface area contributed by atoms with E-state index in [1.165, 1.54) is 12.1 Å². The molecule has 4 rings (SSSR count). The van der Waals surface area contributed by atoms with Crippen LogP contribution in [0.2, 0.25) is 0 Å². The van der Waals surface area contributed by atoms with Crippen molar-refractivity contribution in [3.05, 3.63) is 95.8 Å². The lowest BCUT2D eigenvalue weighted by Gasteiger charge is -2.15. The molecule has 3 N–H and O–H groups in total. The number of fused-ring (bicyclic) bond motifs is 1. The van der Waals surface area contributed by atoms with Gasteiger partial charge in [0.1, 0.15) is 11.5 Å². The van der Waals surface area contributed by atoms with Crippen LogP contribution in [0.25, 0.3) is 10.8 Å². The van der Waals surface area contributed by atoms with Gasteiger partial charge in [-0.3, -0.25) is 9.78 Å². The van der Waals surface area contributed by atoms with Crippen LogP contribution in [-0.4, -0.2) is 10.9 Å². The number of aromatic nitrogens is 1. The summed E-state index contributed by atoms with van der Waals surface area (Å²) in [5, 5.41) is 4.37. The quantitative estimate of drug-likeness (QED) is 0.317. The minimum atomic E-state index is -4.41. The monoisotopic (exact) mass is 481 g/mol. The van der Waals surface area contributed by atoms with Crippen molar-refractivity contribution in [3.63, 3.8) is 0 Å². The van der Waals surface area contributed by atoms with Crippen LogP contribution in [0.3, 0.4) is 0 Å². The first-order valence-corrected chi connectivity index (χ1v) is 11.1. The van der Waals surface area contributed by atoms with Gasteiger partial charge < -0.3 is 15.8 Å². The zero-order valence-electron chi connectivity index (χ0n) is 19.6. The molecule has 1 heterocycles. The number of ether oxygens (including phenoxy) is 1. The summed E-state index contributed by atoms with van der Waals surface area (Å²) in [5.74, 6) is 0.472. The summed E-state index contributed by atoms with van der Waals surface area (Å²) in [4.78, 5) is 17.0. The summed E-state index contributed by atoms with van der Waals surface area (Å²) >= 11 is 0. The topological polar surface area (TPSA) is 77.2 Å². The highest BCUT2D eigenvalue weighted by molar-refractivity contribution is 6.00. The Bertz CT molecular complexity index is 1310. The lowest BCUT2D eigenvalue weighted by atomic mass is 10.1. The van der Waals surface area contributed by atoms with Gasteiger partial charge in [-0.15, -0.1) is 0 Å². The van der Waals surface area contributed by atoms with Crippen LogP contribution < -0.4 is 15.8 Å². The van der Waals surface area contributed by atoms with Gasteiger partial charge in [-0.2, -0.15) is 13.2 Å². The second-order valence-electron chi connectivity index (χ2n) is 7.53. The molecule has 1 amide bonds. The molecular weight excluding hydrogens is 455 g/mol. The van der Waals surface area contributed by atoms with Gasteiger partial charge in [-0.25, -0.2) is 0 Å². The largest absolute Gasteiger partial charge is 0.457 e. The number of carbonyl (C=O) groups excluding carboxylic acids is 1. The lowest BCUT2D eigenvalue weighted by Crippen LogP contribution is -2.27. The first-order valence-electron chi connectivity index (χ1n) is 11.1. The van der Waals surface area contributed by atoms with E-state index in [1.807, 2.05) is 26.8 Å². The predicted octanol–water partition coefficient (Wildman–Crippen LogP) is 7.15. The SMILES string of the molecule is CC.CC(NC(=O)c1ccc2c(Oc3ccc(C(F)(F)F)cc3)cccc2c1)c1cc(N)ccn1. The Kier molecular flexibility index (Phi) is 7.96. The van der Waals surface area contributed by atoms with Gasteiger partial charge in [-0.1, -0.05) is 26.0 Å². The summed E-state index contributed by atoms with van der Waals surface area (Å²) in [6, 6.07) is 18.0. The number of nitrogens with one attached hydrogen (secondary N) is 1. The number of nitrogens with zero attached hydrogens (tertiary/aromatic N) is 1. The molecule has 0 aliphatic carbocycles. The van der Waals surface area contributed by atoms with Crippen molar-refractivity contribution in [2.45, 2.75) is 33.0 Å². The van der Waals surface area contributed by atoms with Crippen LogP contribution in [0.5, 0.6) is 11.5 Å². The molecule has 0 fully saturated rings. The maximum atomic E-state index is 12.8. The molecule has 0 radical (unpaired) electrons. The number of nitrogens with two attached hydrogens (primary N) is 1. The Labute approximate surface area is 201 Å². The first-order chi connectivity index (χ1) is 16.7. The Morgan fingerprint density at radius 1 is 1.00 bits per heavy atom. The van der Waals surface area contributed by atoms with E-state index in [2.05, 4.69) is 10.3 Å². The minimum Gasteiger partial charge on any atom is -0.457 e. The maximum Gasteiger partial charge on any atom is 0.416 e. The van der Waals surface area contributed by atoms with E-state index in [4.69, 9.17) is 10.5 Å². The Balaban J connectivity index is 0.00000167. The van der Waals surface area contributed by atoms with Crippen LogP contribution in [0.15, 0.2) is 79.0 Å². The van der Waals surface area contributed by atoms with Crippen LogP contribution in [-0.2, 0) is 6.18 Å². The molecule has 182 valence electrons. The zero-order chi connectivity index (χ0) is 25.6. The number of anilines is 1. The van der Waals surface area contributed by atoms with Gasteiger partial charge in [0.25, 0.3) is 5.91 Å². The number of rotatable bonds is 5. The van der Waals surface area contributed by atoms with E-state index in [0.29, 0.717) is 22.7 Å². The fraction of sp³-hybridized carbons (Fsp3) is 0.185. The third-order valence-electron chi connectivity index (χ3n) is 5.11. The average molecular weight is 482 g/mol. The molecule has 0 saturated carbocycles. The lowest BCUT2D eigenvalue weighted by molar-refractivity contribution is -0.137. The summed E-state index contributed by atoms with van der Waals surface area (Å²) < 4.78 is 44.1. The van der Waals surface area contributed by atoms with Gasteiger partial charge in [0, 0.05) is 22.8 Å². The third kappa shape index (κ3) is 6.29. The third-order valence-corrected chi connectivity index (χ3v) is 5.11. The van der Waals surface area contributed by atoms with E-state index >= 15 is 0 Å². The van der Waals surface area contributed by atoms with Crippen molar-refractivity contribution in [2.75, 3.05) is 5.73 Å². The summed E-state index contributed by atoms with van der Waals surface area (Å²) in [6.45, 7) is 5.82. The molecule has 5 nitrogen and oxygen atoms in total. The average Bonchev–Trinajstić information content (AvgIpc) is 2.85. The summed E-state index contributed by atoms with van der Waals surface area (Å²) in [7, 11) is 0. The van der Waals surface area contributed by atoms with Crippen molar-refractivity contribution in [1.29, 1.82) is 0 Å². The molecular formula is C27H26F3N3O2. The second kappa shape index (κ2) is 10.9. The van der Waals surface area contributed by atoms with E-state index in [1.54, 1.807) is 48.7 Å². The van der Waals surface area contributed by atoms with E-state index in [9.17, 15) is 18.0 Å². The Morgan fingerprint density at radius 2 is 1.71 bits per heavy atom. The van der Waals surface area contributed by atoms with E-state index in [0.717, 1.165) is 22.9 Å². The van der Waals surface area contributed by atoms with Gasteiger partial charge in [-0.05, 0) is 73.0 Å². The van der Waals surface area contributed by atoms with Crippen molar-refractivity contribution in [3.8, 4) is 11.5 Å². The normalized spacial score (nSPS) is 11.8. The van der Waals surface area contributed by atoms with Gasteiger partial charge in [0.05, 0.1) is 17.3 Å². The molecule has 0 saturated heterocycles. The van der Waals surface area contributed by atoms with Crippen molar-refractivity contribution < 1.29 is 22.7 Å². The number of nitrogen functional groups attached to an aromatic ring is 1. The molecule has 3 aromatic carbocycles. The van der Waals surface area contributed by atoms with Crippen molar-refractivity contribution >= 4 is 22.4 Å². The highest BCUT2D eigenvalue weighted by Gasteiger charge is 2.30. The van der Waals surface area contributed by atoms with Gasteiger partial charge in [0.15, 0.2) is 0 Å². The number of amides is 1. The van der Waals surface area contributed by atoms with Gasteiger partial charge >= 0.3 is 6.18 Å². The fourth-order valence-electron chi connectivity index (χ4n) is 3.38. The molecule has 0 aliphatic heterocycles. The van der Waals surface area contributed by atoms with Crippen LogP contribution in [0.1, 0.15) is 48.4 Å². The first kappa shape index (κ1) is 25.6. The summed E-state index contributed by atoms with van der Waals surface area (Å²) in [6.07, 6.45) is -2.82. The second-order valence-corrected chi connectivity index (χ2v) is 7.53. The number of hydrogen-bond donors (Lipinski definition) is 2.